The zero-order valence-electron chi connectivity index (χ0n) is 12.8. The lowest BCUT2D eigenvalue weighted by atomic mass is 10.1. The van der Waals surface area contributed by atoms with E-state index >= 15 is 0 Å². The zero-order valence-corrected chi connectivity index (χ0v) is 12.8. The van der Waals surface area contributed by atoms with Crippen LogP contribution >= 0.6 is 0 Å². The fourth-order valence-electron chi connectivity index (χ4n) is 1.86. The van der Waals surface area contributed by atoms with Crippen LogP contribution in [0, 0.1) is 0 Å². The van der Waals surface area contributed by atoms with Crippen LogP contribution in [0.1, 0.15) is 43.5 Å². The predicted octanol–water partition coefficient (Wildman–Crippen LogP) is 2.03. The van der Waals surface area contributed by atoms with Crippen LogP contribution in [0.4, 0.5) is 0 Å². The number of carboxylic acids is 1. The Hall–Kier alpha value is -2.37. The van der Waals surface area contributed by atoms with Crippen molar-refractivity contribution < 1.29 is 24.2 Å². The average molecular weight is 307 g/mol. The Balaban J connectivity index is 2.52. The van der Waals surface area contributed by atoms with Gasteiger partial charge in [0.25, 0.3) is 5.91 Å². The van der Waals surface area contributed by atoms with Crippen molar-refractivity contribution in [1.29, 1.82) is 0 Å². The van der Waals surface area contributed by atoms with Crippen molar-refractivity contribution in [2.45, 2.75) is 39.2 Å². The fraction of sp³-hybridized carbons (Fsp3) is 0.438. The van der Waals surface area contributed by atoms with Crippen molar-refractivity contribution in [1.82, 2.24) is 5.32 Å². The fourth-order valence-corrected chi connectivity index (χ4v) is 1.86. The largest absolute Gasteiger partial charge is 0.484 e. The van der Waals surface area contributed by atoms with E-state index in [1.807, 2.05) is 6.92 Å². The summed E-state index contributed by atoms with van der Waals surface area (Å²) in [6, 6.07) is 5.58. The van der Waals surface area contributed by atoms with E-state index < -0.39 is 17.9 Å². The molecule has 0 radical (unpaired) electrons. The molecular formula is C16H21NO5. The third-order valence-corrected chi connectivity index (χ3v) is 3.09. The highest BCUT2D eigenvalue weighted by Crippen LogP contribution is 2.13. The summed E-state index contributed by atoms with van der Waals surface area (Å²) in [6.45, 7) is 3.10. The number of unbranched alkanes of at least 4 members (excludes halogenated alkanes) is 1. The number of Topliss-reactive ketones (excluding diaryl/α,β-unsaturated/α-hetero) is 1. The van der Waals surface area contributed by atoms with Gasteiger partial charge in [-0.15, -0.1) is 0 Å². The van der Waals surface area contributed by atoms with Crippen molar-refractivity contribution in [2.75, 3.05) is 6.61 Å². The quantitative estimate of drug-likeness (QED) is 0.681. The van der Waals surface area contributed by atoms with Gasteiger partial charge in [0, 0.05) is 5.56 Å². The van der Waals surface area contributed by atoms with E-state index in [0.717, 1.165) is 12.8 Å². The van der Waals surface area contributed by atoms with Crippen LogP contribution < -0.4 is 10.1 Å². The van der Waals surface area contributed by atoms with Crippen LogP contribution in [0.2, 0.25) is 0 Å². The van der Waals surface area contributed by atoms with E-state index in [4.69, 9.17) is 9.84 Å². The van der Waals surface area contributed by atoms with Gasteiger partial charge in [-0.25, -0.2) is 4.79 Å². The monoisotopic (exact) mass is 307 g/mol. The third-order valence-electron chi connectivity index (χ3n) is 3.09. The molecule has 0 aliphatic heterocycles. The highest BCUT2D eigenvalue weighted by molar-refractivity contribution is 5.94. The first kappa shape index (κ1) is 17.7. The highest BCUT2D eigenvalue weighted by Gasteiger charge is 2.19. The van der Waals surface area contributed by atoms with Gasteiger partial charge < -0.3 is 15.2 Å². The van der Waals surface area contributed by atoms with Gasteiger partial charge in [-0.05, 0) is 25.5 Å². The first-order chi connectivity index (χ1) is 10.4. The molecule has 2 N–H and O–H groups in total. The molecule has 0 aliphatic rings. The van der Waals surface area contributed by atoms with E-state index in [1.54, 1.807) is 24.3 Å². The lowest BCUT2D eigenvalue weighted by Gasteiger charge is -2.14. The van der Waals surface area contributed by atoms with Crippen LogP contribution in [-0.4, -0.2) is 35.4 Å². The highest BCUT2D eigenvalue weighted by atomic mass is 16.5. The molecule has 1 aromatic carbocycles. The lowest BCUT2D eigenvalue weighted by Crippen LogP contribution is -2.42. The Morgan fingerprint density at radius 2 is 2.05 bits per heavy atom. The molecule has 0 saturated heterocycles. The van der Waals surface area contributed by atoms with E-state index in [2.05, 4.69) is 5.32 Å². The molecule has 0 bridgehead atoms. The maximum Gasteiger partial charge on any atom is 0.326 e. The van der Waals surface area contributed by atoms with Crippen molar-refractivity contribution >= 4 is 17.7 Å². The number of aliphatic carboxylic acids is 1. The summed E-state index contributed by atoms with van der Waals surface area (Å²) in [4.78, 5) is 34.0. The maximum atomic E-state index is 11.7. The molecule has 1 aromatic rings. The van der Waals surface area contributed by atoms with Crippen LogP contribution in [0.5, 0.6) is 5.75 Å². The maximum absolute atomic E-state index is 11.7. The second-order valence-electron chi connectivity index (χ2n) is 4.97. The smallest absolute Gasteiger partial charge is 0.326 e. The van der Waals surface area contributed by atoms with Gasteiger partial charge >= 0.3 is 5.97 Å². The molecule has 0 heterocycles. The Morgan fingerprint density at radius 3 is 2.64 bits per heavy atom. The van der Waals surface area contributed by atoms with Crippen LogP contribution in [0.15, 0.2) is 24.3 Å². The molecule has 0 saturated carbocycles. The Labute approximate surface area is 129 Å². The third kappa shape index (κ3) is 5.95. The molecule has 22 heavy (non-hydrogen) atoms. The summed E-state index contributed by atoms with van der Waals surface area (Å²) >= 11 is 0. The molecule has 1 amide bonds. The molecule has 120 valence electrons. The standard InChI is InChI=1S/C16H21NO5/c1-3-4-8-14(16(20)21)17-15(19)10-22-13-7-5-6-12(9-13)11(2)18/h5-7,9,14H,3-4,8,10H2,1-2H3,(H,17,19)(H,20,21)/t14-/m0/s1. The van der Waals surface area contributed by atoms with E-state index in [-0.39, 0.29) is 12.4 Å². The van der Waals surface area contributed by atoms with Gasteiger partial charge in [0.05, 0.1) is 0 Å². The van der Waals surface area contributed by atoms with Gasteiger partial charge in [-0.2, -0.15) is 0 Å². The first-order valence-corrected chi connectivity index (χ1v) is 7.20. The van der Waals surface area contributed by atoms with Gasteiger partial charge in [0.2, 0.25) is 0 Å². The van der Waals surface area contributed by atoms with Gasteiger partial charge in [-0.1, -0.05) is 31.9 Å². The summed E-state index contributed by atoms with van der Waals surface area (Å²) in [7, 11) is 0. The number of carboxylic acid groups (broad SMARTS) is 1. The average Bonchev–Trinajstić information content (AvgIpc) is 2.49. The summed E-state index contributed by atoms with van der Waals surface area (Å²) in [5.41, 5.74) is 0.490. The van der Waals surface area contributed by atoms with E-state index in [1.165, 1.54) is 6.92 Å². The molecule has 0 unspecified atom stereocenters. The van der Waals surface area contributed by atoms with Crippen molar-refractivity contribution in [3.8, 4) is 5.75 Å². The van der Waals surface area contributed by atoms with Gasteiger partial charge in [0.1, 0.15) is 11.8 Å². The van der Waals surface area contributed by atoms with E-state index in [0.29, 0.717) is 17.7 Å². The summed E-state index contributed by atoms with van der Waals surface area (Å²) in [5.74, 6) is -1.26. The molecule has 1 rings (SSSR count). The zero-order chi connectivity index (χ0) is 16.5. The molecule has 6 nitrogen and oxygen atoms in total. The minimum Gasteiger partial charge on any atom is -0.484 e. The number of amides is 1. The normalized spacial score (nSPS) is 11.5. The summed E-state index contributed by atoms with van der Waals surface area (Å²) in [6.07, 6.45) is 1.96. The number of hydrogen-bond acceptors (Lipinski definition) is 4. The number of hydrogen-bond donors (Lipinski definition) is 2. The lowest BCUT2D eigenvalue weighted by molar-refractivity contribution is -0.142. The summed E-state index contributed by atoms with van der Waals surface area (Å²) < 4.78 is 5.29. The number of ether oxygens (including phenoxy) is 1. The molecule has 0 fully saturated rings. The van der Waals surface area contributed by atoms with Gasteiger partial charge in [-0.3, -0.25) is 9.59 Å². The number of rotatable bonds is 9. The van der Waals surface area contributed by atoms with Crippen molar-refractivity contribution in [3.05, 3.63) is 29.8 Å². The minimum atomic E-state index is -1.06. The first-order valence-electron chi connectivity index (χ1n) is 7.20. The van der Waals surface area contributed by atoms with E-state index in [9.17, 15) is 14.4 Å². The number of nitrogens with one attached hydrogen (secondary N) is 1. The van der Waals surface area contributed by atoms with Crippen molar-refractivity contribution in [3.63, 3.8) is 0 Å². The predicted molar refractivity (Wildman–Crippen MR) is 81.0 cm³/mol. The van der Waals surface area contributed by atoms with Crippen LogP contribution in [-0.2, 0) is 9.59 Å². The molecule has 0 aliphatic carbocycles. The second-order valence-corrected chi connectivity index (χ2v) is 4.97. The SMILES string of the molecule is CCCC[C@H](NC(=O)COc1cccc(C(C)=O)c1)C(=O)O. The second kappa shape index (κ2) is 8.81. The Kier molecular flexibility index (Phi) is 7.08. The van der Waals surface area contributed by atoms with Crippen molar-refractivity contribution in [2.24, 2.45) is 0 Å². The molecule has 6 heteroatoms. The van der Waals surface area contributed by atoms with Crippen LogP contribution in [0.25, 0.3) is 0 Å². The Bertz CT molecular complexity index is 541. The van der Waals surface area contributed by atoms with Crippen LogP contribution in [0.3, 0.4) is 0 Å². The minimum absolute atomic E-state index is 0.0968. The number of carbonyl (C=O) groups excluding carboxylic acids is 2. The number of ketones is 1. The molecule has 0 spiro atoms. The Morgan fingerprint density at radius 1 is 1.32 bits per heavy atom. The molecule has 0 aromatic heterocycles. The van der Waals surface area contributed by atoms with Gasteiger partial charge in [0.15, 0.2) is 12.4 Å². The molecular weight excluding hydrogens is 286 g/mol. The number of carbonyl (C=O) groups is 3. The molecule has 1 atom stereocenters. The summed E-state index contributed by atoms with van der Waals surface area (Å²) in [5, 5.41) is 11.5. The number of benzene rings is 1. The topological polar surface area (TPSA) is 92.7 Å².